The molecule has 2 rings (SSSR count). The minimum Gasteiger partial charge on any atom is -0.492 e. The van der Waals surface area contributed by atoms with Crippen LogP contribution in [0, 0.1) is 0 Å². The van der Waals surface area contributed by atoms with Crippen LogP contribution in [0.25, 0.3) is 0 Å². The number of carbonyl (C=O) groups excluding carboxylic acids is 1. The summed E-state index contributed by atoms with van der Waals surface area (Å²) < 4.78 is 5.52. The minimum absolute atomic E-state index is 0.131. The van der Waals surface area contributed by atoms with Crippen LogP contribution < -0.4 is 15.4 Å². The SMILES string of the molecule is CCNc1cc(C(=O)NCCOc2ccccc2)ccn1. The first-order valence-corrected chi connectivity index (χ1v) is 6.95. The third kappa shape index (κ3) is 4.80. The fraction of sp³-hybridized carbons (Fsp3) is 0.250. The molecule has 2 N–H and O–H groups in total. The molecule has 5 heteroatoms. The van der Waals surface area contributed by atoms with E-state index in [4.69, 9.17) is 4.74 Å². The van der Waals surface area contributed by atoms with Crippen LogP contribution in [-0.2, 0) is 0 Å². The molecule has 0 fully saturated rings. The Kier molecular flexibility index (Phi) is 5.58. The monoisotopic (exact) mass is 285 g/mol. The Labute approximate surface area is 124 Å². The molecule has 0 saturated carbocycles. The number of ether oxygens (including phenoxy) is 1. The number of amides is 1. The molecular formula is C16H19N3O2. The van der Waals surface area contributed by atoms with Crippen molar-refractivity contribution in [3.63, 3.8) is 0 Å². The minimum atomic E-state index is -0.131. The summed E-state index contributed by atoms with van der Waals surface area (Å²) in [5, 5.41) is 5.89. The van der Waals surface area contributed by atoms with E-state index in [1.807, 2.05) is 37.3 Å². The quantitative estimate of drug-likeness (QED) is 0.766. The van der Waals surface area contributed by atoms with Crippen molar-refractivity contribution in [2.24, 2.45) is 0 Å². The summed E-state index contributed by atoms with van der Waals surface area (Å²) in [5.41, 5.74) is 0.584. The molecule has 110 valence electrons. The van der Waals surface area contributed by atoms with Crippen molar-refractivity contribution >= 4 is 11.7 Å². The van der Waals surface area contributed by atoms with E-state index in [1.165, 1.54) is 0 Å². The fourth-order valence-corrected chi connectivity index (χ4v) is 1.80. The lowest BCUT2D eigenvalue weighted by atomic mass is 10.2. The standard InChI is InChI=1S/C16H19N3O2/c1-2-17-15-12-13(8-9-18-15)16(20)19-10-11-21-14-6-4-3-5-7-14/h3-9,12H,2,10-11H2,1H3,(H,17,18)(H,19,20). The van der Waals surface area contributed by atoms with Crippen molar-refractivity contribution in [2.45, 2.75) is 6.92 Å². The van der Waals surface area contributed by atoms with E-state index in [9.17, 15) is 4.79 Å². The molecule has 0 saturated heterocycles. The molecule has 0 spiro atoms. The zero-order valence-corrected chi connectivity index (χ0v) is 12.0. The third-order valence-electron chi connectivity index (χ3n) is 2.78. The van der Waals surface area contributed by atoms with Crippen molar-refractivity contribution in [1.29, 1.82) is 0 Å². The smallest absolute Gasteiger partial charge is 0.251 e. The highest BCUT2D eigenvalue weighted by atomic mass is 16.5. The molecule has 0 aliphatic heterocycles. The van der Waals surface area contributed by atoms with Gasteiger partial charge in [0.25, 0.3) is 5.91 Å². The van der Waals surface area contributed by atoms with Gasteiger partial charge in [-0.3, -0.25) is 4.79 Å². The molecule has 0 radical (unpaired) electrons. The van der Waals surface area contributed by atoms with Gasteiger partial charge < -0.3 is 15.4 Å². The molecule has 0 aliphatic carbocycles. The first kappa shape index (κ1) is 14.8. The second-order valence-electron chi connectivity index (χ2n) is 4.38. The summed E-state index contributed by atoms with van der Waals surface area (Å²) in [6, 6.07) is 12.9. The van der Waals surface area contributed by atoms with Gasteiger partial charge in [0.05, 0.1) is 6.54 Å². The van der Waals surface area contributed by atoms with Gasteiger partial charge in [0.15, 0.2) is 0 Å². The van der Waals surface area contributed by atoms with Crippen LogP contribution in [0.5, 0.6) is 5.75 Å². The Morgan fingerprint density at radius 3 is 2.81 bits per heavy atom. The summed E-state index contributed by atoms with van der Waals surface area (Å²) in [6.07, 6.45) is 1.62. The Morgan fingerprint density at radius 2 is 2.05 bits per heavy atom. The first-order chi connectivity index (χ1) is 10.3. The number of nitrogens with zero attached hydrogens (tertiary/aromatic N) is 1. The molecule has 5 nitrogen and oxygen atoms in total. The van der Waals surface area contributed by atoms with Gasteiger partial charge in [-0.25, -0.2) is 4.98 Å². The lowest BCUT2D eigenvalue weighted by molar-refractivity contribution is 0.0947. The van der Waals surface area contributed by atoms with E-state index in [1.54, 1.807) is 18.3 Å². The van der Waals surface area contributed by atoms with Gasteiger partial charge in [-0.2, -0.15) is 0 Å². The number of anilines is 1. The number of hydrogen-bond acceptors (Lipinski definition) is 4. The van der Waals surface area contributed by atoms with Crippen LogP contribution in [0.3, 0.4) is 0 Å². The molecule has 0 atom stereocenters. The van der Waals surface area contributed by atoms with Crippen LogP contribution in [0.4, 0.5) is 5.82 Å². The van der Waals surface area contributed by atoms with Crippen molar-refractivity contribution in [1.82, 2.24) is 10.3 Å². The van der Waals surface area contributed by atoms with Gasteiger partial charge in [-0.1, -0.05) is 18.2 Å². The van der Waals surface area contributed by atoms with E-state index < -0.39 is 0 Å². The number of para-hydroxylation sites is 1. The molecule has 1 heterocycles. The van der Waals surface area contributed by atoms with Gasteiger partial charge in [-0.05, 0) is 31.2 Å². The summed E-state index contributed by atoms with van der Waals surface area (Å²) in [5.74, 6) is 1.36. The Balaban J connectivity index is 1.78. The van der Waals surface area contributed by atoms with Crippen LogP contribution in [0.2, 0.25) is 0 Å². The molecule has 0 bridgehead atoms. The van der Waals surface area contributed by atoms with E-state index in [2.05, 4.69) is 15.6 Å². The molecule has 1 aromatic heterocycles. The van der Waals surface area contributed by atoms with Crippen LogP contribution in [-0.4, -0.2) is 30.6 Å². The summed E-state index contributed by atoms with van der Waals surface area (Å²) in [6.45, 7) is 3.63. The lowest BCUT2D eigenvalue weighted by Gasteiger charge is -2.08. The largest absolute Gasteiger partial charge is 0.492 e. The maximum Gasteiger partial charge on any atom is 0.251 e. The predicted molar refractivity (Wildman–Crippen MR) is 82.7 cm³/mol. The van der Waals surface area contributed by atoms with Gasteiger partial charge in [0, 0.05) is 18.3 Å². The number of rotatable bonds is 7. The lowest BCUT2D eigenvalue weighted by Crippen LogP contribution is -2.28. The molecular weight excluding hydrogens is 266 g/mol. The number of aromatic nitrogens is 1. The van der Waals surface area contributed by atoms with Crippen LogP contribution in [0.15, 0.2) is 48.7 Å². The van der Waals surface area contributed by atoms with Gasteiger partial charge >= 0.3 is 0 Å². The third-order valence-corrected chi connectivity index (χ3v) is 2.78. The first-order valence-electron chi connectivity index (χ1n) is 6.95. The molecule has 21 heavy (non-hydrogen) atoms. The van der Waals surface area contributed by atoms with Crippen molar-refractivity contribution in [3.8, 4) is 5.75 Å². The molecule has 1 amide bonds. The van der Waals surface area contributed by atoms with E-state index in [-0.39, 0.29) is 5.91 Å². The normalized spacial score (nSPS) is 9.95. The summed E-state index contributed by atoms with van der Waals surface area (Å²) >= 11 is 0. The number of hydrogen-bond donors (Lipinski definition) is 2. The predicted octanol–water partition coefficient (Wildman–Crippen LogP) is 2.32. The number of nitrogens with one attached hydrogen (secondary N) is 2. The Bertz CT molecular complexity index is 573. The van der Waals surface area contributed by atoms with Crippen molar-refractivity contribution in [3.05, 3.63) is 54.2 Å². The maximum atomic E-state index is 12.0. The number of benzene rings is 1. The average Bonchev–Trinajstić information content (AvgIpc) is 2.53. The van der Waals surface area contributed by atoms with Gasteiger partial charge in [0.2, 0.25) is 0 Å². The highest BCUT2D eigenvalue weighted by Gasteiger charge is 2.06. The van der Waals surface area contributed by atoms with Crippen molar-refractivity contribution in [2.75, 3.05) is 25.0 Å². The summed E-state index contributed by atoms with van der Waals surface area (Å²) in [4.78, 5) is 16.1. The average molecular weight is 285 g/mol. The van der Waals surface area contributed by atoms with E-state index in [0.29, 0.717) is 24.5 Å². The molecule has 1 aromatic carbocycles. The second-order valence-corrected chi connectivity index (χ2v) is 4.38. The van der Waals surface area contributed by atoms with E-state index in [0.717, 1.165) is 12.3 Å². The molecule has 2 aromatic rings. The fourth-order valence-electron chi connectivity index (χ4n) is 1.80. The Hall–Kier alpha value is -2.56. The topological polar surface area (TPSA) is 63.2 Å². The van der Waals surface area contributed by atoms with E-state index >= 15 is 0 Å². The Morgan fingerprint density at radius 1 is 1.24 bits per heavy atom. The summed E-state index contributed by atoms with van der Waals surface area (Å²) in [7, 11) is 0. The highest BCUT2D eigenvalue weighted by Crippen LogP contribution is 2.08. The number of pyridine rings is 1. The van der Waals surface area contributed by atoms with Crippen LogP contribution in [0.1, 0.15) is 17.3 Å². The van der Waals surface area contributed by atoms with Crippen LogP contribution >= 0.6 is 0 Å². The van der Waals surface area contributed by atoms with Gasteiger partial charge in [-0.15, -0.1) is 0 Å². The zero-order valence-electron chi connectivity index (χ0n) is 12.0. The maximum absolute atomic E-state index is 12.0. The molecule has 0 unspecified atom stereocenters. The molecule has 0 aliphatic rings. The second kappa shape index (κ2) is 7.89. The number of carbonyl (C=O) groups is 1. The zero-order chi connectivity index (χ0) is 14.9. The van der Waals surface area contributed by atoms with Gasteiger partial charge in [0.1, 0.15) is 18.2 Å². The highest BCUT2D eigenvalue weighted by molar-refractivity contribution is 5.94. The van der Waals surface area contributed by atoms with Crippen molar-refractivity contribution < 1.29 is 9.53 Å².